The van der Waals surface area contributed by atoms with Crippen LogP contribution < -0.4 is 0 Å². The van der Waals surface area contributed by atoms with E-state index in [1.165, 1.54) is 17.2 Å². The zero-order valence-electron chi connectivity index (χ0n) is 14.7. The summed E-state index contributed by atoms with van der Waals surface area (Å²) in [5, 5.41) is 17.0. The summed E-state index contributed by atoms with van der Waals surface area (Å²) in [5.41, 5.74) is 1.12. The van der Waals surface area contributed by atoms with Gasteiger partial charge in [0.2, 0.25) is 0 Å². The van der Waals surface area contributed by atoms with Crippen molar-refractivity contribution in [2.24, 2.45) is 5.92 Å². The van der Waals surface area contributed by atoms with Gasteiger partial charge in [-0.1, -0.05) is 85.3 Å². The minimum absolute atomic E-state index is 0.263. The Morgan fingerprint density at radius 3 is 1.77 bits per heavy atom. The molecule has 0 aromatic heterocycles. The second kappa shape index (κ2) is 5.96. The minimum Gasteiger partial charge on any atom is -0.380 e. The topological polar surface area (TPSA) is 20.2 Å². The van der Waals surface area contributed by atoms with Crippen LogP contribution in [-0.4, -0.2) is 5.11 Å². The van der Waals surface area contributed by atoms with E-state index >= 15 is 0 Å². The summed E-state index contributed by atoms with van der Waals surface area (Å²) >= 11 is 0. The van der Waals surface area contributed by atoms with E-state index in [9.17, 15) is 5.11 Å². The van der Waals surface area contributed by atoms with Crippen LogP contribution in [0.3, 0.4) is 0 Å². The molecule has 0 saturated heterocycles. The average Bonchev–Trinajstić information content (AvgIpc) is 2.65. The number of aliphatic hydroxyl groups is 1. The fourth-order valence-corrected chi connectivity index (χ4v) is 4.53. The summed E-state index contributed by atoms with van der Waals surface area (Å²) in [5.74, 6) is 0.263. The average molecular weight is 338 g/mol. The number of hydrogen-bond acceptors (Lipinski definition) is 1. The van der Waals surface area contributed by atoms with Crippen LogP contribution >= 0.6 is 0 Å². The van der Waals surface area contributed by atoms with E-state index in [-0.39, 0.29) is 5.92 Å². The highest BCUT2D eigenvalue weighted by Crippen LogP contribution is 2.50. The van der Waals surface area contributed by atoms with E-state index in [0.29, 0.717) is 0 Å². The predicted molar refractivity (Wildman–Crippen MR) is 108 cm³/mol. The number of hydrogen-bond donors (Lipinski definition) is 1. The number of fused-ring (bicyclic) bond motifs is 2. The Balaban J connectivity index is 1.93. The molecule has 1 N–H and O–H groups in total. The van der Waals surface area contributed by atoms with Crippen molar-refractivity contribution in [1.82, 2.24) is 0 Å². The van der Waals surface area contributed by atoms with Gasteiger partial charge in [0.05, 0.1) is 0 Å². The molecule has 1 nitrogen and oxygen atoms in total. The molecule has 128 valence electrons. The molecule has 4 aromatic carbocycles. The molecule has 26 heavy (non-hydrogen) atoms. The molecule has 0 bridgehead atoms. The second-order valence-corrected chi connectivity index (χ2v) is 7.45. The molecule has 1 saturated carbocycles. The van der Waals surface area contributed by atoms with Crippen molar-refractivity contribution in [3.63, 3.8) is 0 Å². The van der Waals surface area contributed by atoms with Gasteiger partial charge in [0.15, 0.2) is 0 Å². The SMILES string of the molecule is OC(c1ccccc1)(c1c2ccccc2cc2ccccc12)C1CCC1. The molecular formula is C25H22O. The van der Waals surface area contributed by atoms with Crippen LogP contribution in [0.5, 0.6) is 0 Å². The monoisotopic (exact) mass is 338 g/mol. The first-order valence-corrected chi connectivity index (χ1v) is 9.47. The fraction of sp³-hybridized carbons (Fsp3) is 0.200. The first-order valence-electron chi connectivity index (χ1n) is 9.47. The lowest BCUT2D eigenvalue weighted by molar-refractivity contribution is -0.0176. The van der Waals surface area contributed by atoms with E-state index in [0.717, 1.165) is 34.7 Å². The van der Waals surface area contributed by atoms with Crippen molar-refractivity contribution in [3.05, 3.63) is 96.1 Å². The molecule has 4 aromatic rings. The van der Waals surface area contributed by atoms with Crippen molar-refractivity contribution < 1.29 is 5.11 Å². The third kappa shape index (κ3) is 2.21. The van der Waals surface area contributed by atoms with E-state index in [4.69, 9.17) is 0 Å². The smallest absolute Gasteiger partial charge is 0.119 e. The maximum absolute atomic E-state index is 12.3. The Kier molecular flexibility index (Phi) is 3.58. The van der Waals surface area contributed by atoms with Crippen molar-refractivity contribution in [2.75, 3.05) is 0 Å². The molecule has 5 rings (SSSR count). The lowest BCUT2D eigenvalue weighted by Crippen LogP contribution is -2.40. The zero-order valence-corrected chi connectivity index (χ0v) is 14.7. The van der Waals surface area contributed by atoms with Crippen molar-refractivity contribution in [1.29, 1.82) is 0 Å². The van der Waals surface area contributed by atoms with E-state index in [1.807, 2.05) is 18.2 Å². The molecule has 0 radical (unpaired) electrons. The maximum atomic E-state index is 12.3. The van der Waals surface area contributed by atoms with Gasteiger partial charge in [0.25, 0.3) is 0 Å². The highest BCUT2D eigenvalue weighted by molar-refractivity contribution is 6.03. The van der Waals surface area contributed by atoms with Crippen LogP contribution in [0.1, 0.15) is 30.4 Å². The van der Waals surface area contributed by atoms with Gasteiger partial charge >= 0.3 is 0 Å². The first-order chi connectivity index (χ1) is 12.8. The van der Waals surface area contributed by atoms with Gasteiger partial charge < -0.3 is 5.11 Å². The van der Waals surface area contributed by atoms with Crippen LogP contribution in [0, 0.1) is 5.92 Å². The second-order valence-electron chi connectivity index (χ2n) is 7.45. The van der Waals surface area contributed by atoms with Crippen LogP contribution in [0.2, 0.25) is 0 Å². The van der Waals surface area contributed by atoms with Gasteiger partial charge in [-0.2, -0.15) is 0 Å². The summed E-state index contributed by atoms with van der Waals surface area (Å²) < 4.78 is 0. The van der Waals surface area contributed by atoms with Crippen LogP contribution in [0.4, 0.5) is 0 Å². The molecule has 0 aliphatic heterocycles. The highest BCUT2D eigenvalue weighted by atomic mass is 16.3. The van der Waals surface area contributed by atoms with E-state index in [2.05, 4.69) is 66.7 Å². The molecular weight excluding hydrogens is 316 g/mol. The number of rotatable bonds is 3. The Bertz CT molecular complexity index is 1020. The van der Waals surface area contributed by atoms with Gasteiger partial charge in [-0.15, -0.1) is 0 Å². The lowest BCUT2D eigenvalue weighted by Gasteiger charge is -2.43. The van der Waals surface area contributed by atoms with Crippen molar-refractivity contribution in [2.45, 2.75) is 24.9 Å². The lowest BCUT2D eigenvalue weighted by atomic mass is 9.65. The quantitative estimate of drug-likeness (QED) is 0.452. The van der Waals surface area contributed by atoms with Gasteiger partial charge in [0.1, 0.15) is 5.60 Å². The van der Waals surface area contributed by atoms with Crippen LogP contribution in [-0.2, 0) is 5.60 Å². The molecule has 1 aliphatic carbocycles. The zero-order chi connectivity index (χ0) is 17.6. The van der Waals surface area contributed by atoms with E-state index < -0.39 is 5.60 Å². The van der Waals surface area contributed by atoms with Gasteiger partial charge in [0, 0.05) is 5.56 Å². The molecule has 1 atom stereocenters. The highest BCUT2D eigenvalue weighted by Gasteiger charge is 2.44. The summed E-state index contributed by atoms with van der Waals surface area (Å²) in [7, 11) is 0. The summed E-state index contributed by atoms with van der Waals surface area (Å²) in [6, 6.07) is 29.4. The Morgan fingerprint density at radius 1 is 0.692 bits per heavy atom. The summed E-state index contributed by atoms with van der Waals surface area (Å²) in [6.45, 7) is 0. The normalized spacial score (nSPS) is 17.1. The third-order valence-electron chi connectivity index (χ3n) is 6.06. The minimum atomic E-state index is -0.958. The molecule has 0 heterocycles. The molecule has 1 fully saturated rings. The molecule has 0 amide bonds. The first kappa shape index (κ1) is 15.6. The maximum Gasteiger partial charge on any atom is 0.119 e. The predicted octanol–water partition coefficient (Wildman–Crippen LogP) is 6.03. The number of benzene rings is 4. The Labute approximate surface area is 153 Å². The fourth-order valence-electron chi connectivity index (χ4n) is 4.53. The van der Waals surface area contributed by atoms with Gasteiger partial charge in [-0.3, -0.25) is 0 Å². The molecule has 1 aliphatic rings. The Morgan fingerprint density at radius 2 is 1.23 bits per heavy atom. The van der Waals surface area contributed by atoms with Crippen LogP contribution in [0.25, 0.3) is 21.5 Å². The van der Waals surface area contributed by atoms with Crippen LogP contribution in [0.15, 0.2) is 84.9 Å². The van der Waals surface area contributed by atoms with Crippen molar-refractivity contribution in [3.8, 4) is 0 Å². The Hall–Kier alpha value is -2.64. The van der Waals surface area contributed by atoms with Gasteiger partial charge in [-0.25, -0.2) is 0 Å². The van der Waals surface area contributed by atoms with Gasteiger partial charge in [-0.05, 0) is 51.9 Å². The molecule has 0 spiro atoms. The summed E-state index contributed by atoms with van der Waals surface area (Å²) in [6.07, 6.45) is 3.34. The molecule has 1 heteroatoms. The standard InChI is InChI=1S/C25H22O/c26-25(21-13-8-14-21,20-11-2-1-3-12-20)24-22-15-6-4-9-18(22)17-19-10-5-7-16-23(19)24/h1-7,9-12,15-17,21,26H,8,13-14H2. The van der Waals surface area contributed by atoms with Crippen molar-refractivity contribution >= 4 is 21.5 Å². The molecule has 1 unspecified atom stereocenters. The largest absolute Gasteiger partial charge is 0.380 e. The van der Waals surface area contributed by atoms with E-state index in [1.54, 1.807) is 0 Å². The summed E-state index contributed by atoms with van der Waals surface area (Å²) in [4.78, 5) is 0. The third-order valence-corrected chi connectivity index (χ3v) is 6.06.